The Bertz CT molecular complexity index is 796. The minimum Gasteiger partial charge on any atom is -0.388 e. The van der Waals surface area contributed by atoms with Crippen molar-refractivity contribution in [1.29, 1.82) is 0 Å². The highest BCUT2D eigenvalue weighted by Gasteiger charge is 2.47. The third-order valence-corrected chi connectivity index (χ3v) is 6.75. The van der Waals surface area contributed by atoms with Crippen molar-refractivity contribution in [3.63, 3.8) is 0 Å². The van der Waals surface area contributed by atoms with Crippen LogP contribution in [-0.2, 0) is 18.3 Å². The van der Waals surface area contributed by atoms with Crippen molar-refractivity contribution in [3.05, 3.63) is 32.6 Å². The number of aliphatic hydroxyl groups is 2. The van der Waals surface area contributed by atoms with E-state index in [4.69, 9.17) is 13.8 Å². The average molecular weight is 406 g/mol. The second kappa shape index (κ2) is 8.81. The van der Waals surface area contributed by atoms with Gasteiger partial charge >= 0.3 is 13.3 Å². The van der Waals surface area contributed by atoms with Gasteiger partial charge in [0, 0.05) is 11.8 Å². The maximum Gasteiger partial charge on any atom is 0.331 e. The zero-order valence-corrected chi connectivity index (χ0v) is 16.7. The smallest absolute Gasteiger partial charge is 0.331 e. The fraction of sp³-hybridized carbons (Fsp3) is 0.750. The first kappa shape index (κ1) is 22.0. The summed E-state index contributed by atoms with van der Waals surface area (Å²) >= 11 is 0. The maximum absolute atomic E-state index is 12.7. The molecule has 154 valence electrons. The molecule has 0 aromatic carbocycles. The molecular formula is C16H27N2O8P. The molecule has 0 saturated carbocycles. The summed E-state index contributed by atoms with van der Waals surface area (Å²) in [7, 11) is -3.38. The highest BCUT2D eigenvalue weighted by Crippen LogP contribution is 2.51. The molecule has 0 radical (unpaired) electrons. The van der Waals surface area contributed by atoms with Gasteiger partial charge in [-0.3, -0.25) is 18.9 Å². The van der Waals surface area contributed by atoms with E-state index in [9.17, 15) is 24.4 Å². The Morgan fingerprint density at radius 1 is 1.26 bits per heavy atom. The molecule has 0 spiro atoms. The highest BCUT2D eigenvalue weighted by molar-refractivity contribution is 7.53. The van der Waals surface area contributed by atoms with E-state index < -0.39 is 49.3 Å². The van der Waals surface area contributed by atoms with Crippen molar-refractivity contribution in [2.24, 2.45) is 5.92 Å². The summed E-state index contributed by atoms with van der Waals surface area (Å²) in [5.41, 5.74) is -1.04. The molecule has 1 aromatic heterocycles. The van der Waals surface area contributed by atoms with Gasteiger partial charge in [0.05, 0.1) is 25.5 Å². The van der Waals surface area contributed by atoms with Gasteiger partial charge < -0.3 is 24.0 Å². The van der Waals surface area contributed by atoms with Gasteiger partial charge in [0.25, 0.3) is 5.56 Å². The molecule has 5 atom stereocenters. The van der Waals surface area contributed by atoms with Crippen molar-refractivity contribution < 1.29 is 28.6 Å². The Balaban J connectivity index is 2.23. The zero-order chi connectivity index (χ0) is 20.4. The number of aromatic nitrogens is 2. The molecule has 0 bridgehead atoms. The molecule has 1 unspecified atom stereocenters. The van der Waals surface area contributed by atoms with Crippen LogP contribution in [0.15, 0.2) is 15.8 Å². The first-order valence-corrected chi connectivity index (χ1v) is 10.6. The second-order valence-corrected chi connectivity index (χ2v) is 8.66. The maximum atomic E-state index is 12.7. The first-order valence-electron chi connectivity index (χ1n) is 8.85. The number of nitrogens with zero attached hydrogens (tertiary/aromatic N) is 1. The van der Waals surface area contributed by atoms with Crippen LogP contribution in [0.25, 0.3) is 0 Å². The molecule has 0 aliphatic carbocycles. The lowest BCUT2D eigenvalue weighted by Gasteiger charge is -2.26. The molecule has 2 heterocycles. The van der Waals surface area contributed by atoms with Crippen molar-refractivity contribution in [2.75, 3.05) is 19.4 Å². The second-order valence-electron chi connectivity index (χ2n) is 6.56. The van der Waals surface area contributed by atoms with E-state index in [0.717, 1.165) is 4.57 Å². The molecule has 10 nitrogen and oxygen atoms in total. The van der Waals surface area contributed by atoms with E-state index in [1.165, 1.54) is 13.1 Å². The van der Waals surface area contributed by atoms with Crippen LogP contribution in [0.4, 0.5) is 0 Å². The molecule has 0 amide bonds. The predicted octanol–water partition coefficient (Wildman–Crippen LogP) is 0.366. The van der Waals surface area contributed by atoms with Gasteiger partial charge in [-0.05, 0) is 26.7 Å². The topological polar surface area (TPSA) is 140 Å². The minimum atomic E-state index is -3.38. The third kappa shape index (κ3) is 4.77. The number of aliphatic hydroxyl groups excluding tert-OH is 2. The molecule has 1 aromatic rings. The fourth-order valence-corrected chi connectivity index (χ4v) is 5.14. The fourth-order valence-electron chi connectivity index (χ4n) is 3.15. The number of aryl methyl sites for hydroxylation is 1. The van der Waals surface area contributed by atoms with Crippen molar-refractivity contribution in [3.8, 4) is 0 Å². The Morgan fingerprint density at radius 3 is 2.41 bits per heavy atom. The zero-order valence-electron chi connectivity index (χ0n) is 15.8. The Kier molecular flexibility index (Phi) is 7.18. The van der Waals surface area contributed by atoms with E-state index in [0.29, 0.717) is 0 Å². The van der Waals surface area contributed by atoms with Gasteiger partial charge in [-0.15, -0.1) is 0 Å². The van der Waals surface area contributed by atoms with Crippen molar-refractivity contribution in [2.45, 2.75) is 52.2 Å². The number of rotatable bonds is 8. The van der Waals surface area contributed by atoms with Crippen LogP contribution in [0.5, 0.6) is 0 Å². The number of hydrogen-bond donors (Lipinski definition) is 3. The van der Waals surface area contributed by atoms with Crippen LogP contribution in [-0.4, -0.2) is 57.5 Å². The van der Waals surface area contributed by atoms with E-state index in [1.54, 1.807) is 20.8 Å². The lowest BCUT2D eigenvalue weighted by Crippen LogP contribution is -2.38. The summed E-state index contributed by atoms with van der Waals surface area (Å²) in [4.78, 5) is 25.7. The van der Waals surface area contributed by atoms with Crippen LogP contribution < -0.4 is 11.2 Å². The Labute approximate surface area is 156 Å². The molecule has 11 heteroatoms. The van der Waals surface area contributed by atoms with E-state index >= 15 is 0 Å². The SMILES string of the molecule is CCOP(=O)(C[C@H](C)C1O[C@H](n2cc(C)c(=O)[nH]c2=O)[C@@H](O)[C@@H]1O)OCC. The average Bonchev–Trinajstić information content (AvgIpc) is 2.87. The van der Waals surface area contributed by atoms with Gasteiger partial charge in [0.2, 0.25) is 0 Å². The van der Waals surface area contributed by atoms with Gasteiger partial charge in [-0.1, -0.05) is 6.92 Å². The van der Waals surface area contributed by atoms with Crippen LogP contribution in [0.3, 0.4) is 0 Å². The Hall–Kier alpha value is -1.29. The molecule has 1 aliphatic heterocycles. The standard InChI is InChI=1S/C16H27N2O8P/c1-5-24-27(23,25-6-2)8-10(4)13-11(19)12(20)15(26-13)18-7-9(3)14(21)17-16(18)22/h7,10-13,15,19-20H,5-6,8H2,1-4H3,(H,17,21,22)/t10-,11-,12-,13?,15-/m0/s1. The van der Waals surface area contributed by atoms with Crippen LogP contribution in [0.2, 0.25) is 0 Å². The molecule has 1 fully saturated rings. The molecule has 2 rings (SSSR count). The number of H-pyrrole nitrogens is 1. The van der Waals surface area contributed by atoms with Crippen molar-refractivity contribution in [1.82, 2.24) is 9.55 Å². The monoisotopic (exact) mass is 406 g/mol. The lowest BCUT2D eigenvalue weighted by molar-refractivity contribution is -0.0537. The molecule has 1 aliphatic rings. The van der Waals surface area contributed by atoms with Crippen LogP contribution in [0.1, 0.15) is 32.6 Å². The van der Waals surface area contributed by atoms with E-state index in [1.807, 2.05) is 0 Å². The number of ether oxygens (including phenoxy) is 1. The summed E-state index contributed by atoms with van der Waals surface area (Å²) in [6, 6.07) is 0. The third-order valence-electron chi connectivity index (χ3n) is 4.42. The molecule has 27 heavy (non-hydrogen) atoms. The van der Waals surface area contributed by atoms with Gasteiger partial charge in [0.1, 0.15) is 12.2 Å². The molecule has 1 saturated heterocycles. The molecular weight excluding hydrogens is 379 g/mol. The number of hydrogen-bond acceptors (Lipinski definition) is 8. The van der Waals surface area contributed by atoms with Crippen molar-refractivity contribution >= 4 is 7.60 Å². The first-order chi connectivity index (χ1) is 12.6. The summed E-state index contributed by atoms with van der Waals surface area (Å²) in [6.07, 6.45) is -3.57. The Morgan fingerprint density at radius 2 is 1.85 bits per heavy atom. The predicted molar refractivity (Wildman–Crippen MR) is 96.9 cm³/mol. The summed E-state index contributed by atoms with van der Waals surface area (Å²) in [6.45, 7) is 7.00. The van der Waals surface area contributed by atoms with Gasteiger partial charge in [0.15, 0.2) is 6.23 Å². The number of nitrogens with one attached hydrogen (secondary N) is 1. The normalized spacial score (nSPS) is 27.0. The van der Waals surface area contributed by atoms with Crippen LogP contribution >= 0.6 is 7.60 Å². The minimum absolute atomic E-state index is 0.0185. The van der Waals surface area contributed by atoms with E-state index in [-0.39, 0.29) is 24.9 Å². The summed E-state index contributed by atoms with van der Waals surface area (Å²) < 4.78 is 30.0. The number of aromatic amines is 1. The quantitative estimate of drug-likeness (QED) is 0.526. The highest BCUT2D eigenvalue weighted by atomic mass is 31.2. The van der Waals surface area contributed by atoms with E-state index in [2.05, 4.69) is 4.98 Å². The van der Waals surface area contributed by atoms with Gasteiger partial charge in [-0.2, -0.15) is 0 Å². The summed E-state index contributed by atoms with van der Waals surface area (Å²) in [5.74, 6) is -0.497. The molecule has 3 N–H and O–H groups in total. The van der Waals surface area contributed by atoms with Gasteiger partial charge in [-0.25, -0.2) is 4.79 Å². The van der Waals surface area contributed by atoms with Crippen LogP contribution in [0, 0.1) is 12.8 Å². The largest absolute Gasteiger partial charge is 0.388 e. The lowest BCUT2D eigenvalue weighted by atomic mass is 10.0. The summed E-state index contributed by atoms with van der Waals surface area (Å²) in [5, 5.41) is 20.8.